The average molecular weight is 345 g/mol. The molecule has 7 nitrogen and oxygen atoms in total. The fourth-order valence-corrected chi connectivity index (χ4v) is 1.94. The van der Waals surface area contributed by atoms with E-state index in [1.54, 1.807) is 24.3 Å². The van der Waals surface area contributed by atoms with E-state index in [9.17, 15) is 9.59 Å². The van der Waals surface area contributed by atoms with Crippen molar-refractivity contribution < 1.29 is 19.8 Å². The number of carboxylic acid groups (broad SMARTS) is 1. The van der Waals surface area contributed by atoms with Crippen LogP contribution < -0.4 is 17.2 Å². The summed E-state index contributed by atoms with van der Waals surface area (Å²) < 4.78 is 0. The summed E-state index contributed by atoms with van der Waals surface area (Å²) in [6, 6.07) is 14.4. The molecule has 0 heterocycles. The molecular formula is C18H23N3O4. The van der Waals surface area contributed by atoms with Crippen LogP contribution in [0.3, 0.4) is 0 Å². The Labute approximate surface area is 146 Å². The number of hydrogen-bond acceptors (Lipinski definition) is 5. The number of carbonyl (C=O) groups excluding carboxylic acids is 1. The monoisotopic (exact) mass is 345 g/mol. The van der Waals surface area contributed by atoms with Gasteiger partial charge in [-0.3, -0.25) is 9.59 Å². The van der Waals surface area contributed by atoms with Crippen LogP contribution in [0.1, 0.15) is 11.1 Å². The molecule has 0 fully saturated rings. The summed E-state index contributed by atoms with van der Waals surface area (Å²) in [4.78, 5) is 21.0. The van der Waals surface area contributed by atoms with Gasteiger partial charge in [0.25, 0.3) is 0 Å². The number of hydrogen-bond donors (Lipinski definition) is 5. The maximum absolute atomic E-state index is 10.6. The molecule has 134 valence electrons. The zero-order chi connectivity index (χ0) is 18.8. The largest absolute Gasteiger partial charge is 0.508 e. The molecular weight excluding hydrogens is 322 g/mol. The van der Waals surface area contributed by atoms with E-state index in [4.69, 9.17) is 27.4 Å². The highest BCUT2D eigenvalue weighted by Gasteiger charge is 2.11. The molecule has 0 unspecified atom stereocenters. The number of rotatable bonds is 6. The lowest BCUT2D eigenvalue weighted by Crippen LogP contribution is -2.38. The van der Waals surface area contributed by atoms with Crippen LogP contribution >= 0.6 is 0 Å². The van der Waals surface area contributed by atoms with Crippen molar-refractivity contribution in [2.45, 2.75) is 24.9 Å². The van der Waals surface area contributed by atoms with Gasteiger partial charge in [-0.2, -0.15) is 0 Å². The summed E-state index contributed by atoms with van der Waals surface area (Å²) in [5, 5.41) is 17.5. The predicted molar refractivity (Wildman–Crippen MR) is 94.7 cm³/mol. The van der Waals surface area contributed by atoms with E-state index in [2.05, 4.69) is 0 Å². The van der Waals surface area contributed by atoms with Gasteiger partial charge in [-0.15, -0.1) is 0 Å². The number of aromatic hydroxyl groups is 1. The second-order valence-electron chi connectivity index (χ2n) is 5.51. The fourth-order valence-electron chi connectivity index (χ4n) is 1.94. The van der Waals surface area contributed by atoms with Crippen LogP contribution in [0.2, 0.25) is 0 Å². The lowest BCUT2D eigenvalue weighted by molar-refractivity contribution is -0.138. The number of primary amides is 1. The number of carbonyl (C=O) groups is 2. The van der Waals surface area contributed by atoms with Crippen molar-refractivity contribution in [1.29, 1.82) is 0 Å². The quantitative estimate of drug-likeness (QED) is 0.510. The first-order chi connectivity index (χ1) is 11.8. The molecule has 2 aromatic rings. The molecule has 0 spiro atoms. The average Bonchev–Trinajstić information content (AvgIpc) is 2.58. The molecule has 7 heteroatoms. The normalized spacial score (nSPS) is 12.4. The van der Waals surface area contributed by atoms with Gasteiger partial charge in [0.1, 0.15) is 11.8 Å². The highest BCUT2D eigenvalue weighted by Crippen LogP contribution is 2.10. The Kier molecular flexibility index (Phi) is 8.11. The lowest BCUT2D eigenvalue weighted by atomic mass is 10.1. The van der Waals surface area contributed by atoms with Crippen LogP contribution in [0.15, 0.2) is 54.6 Å². The third-order valence-electron chi connectivity index (χ3n) is 3.37. The molecule has 0 bridgehead atoms. The predicted octanol–water partition coefficient (Wildman–Crippen LogP) is 0.388. The summed E-state index contributed by atoms with van der Waals surface area (Å²) in [6.07, 6.45) is 0.784. The number of amides is 1. The number of carboxylic acids is 1. The number of nitrogens with two attached hydrogens (primary N) is 3. The Hall–Kier alpha value is -2.90. The van der Waals surface area contributed by atoms with Crippen LogP contribution in [0.5, 0.6) is 5.75 Å². The van der Waals surface area contributed by atoms with Crippen LogP contribution in [0, 0.1) is 0 Å². The minimum atomic E-state index is -0.959. The molecule has 1 amide bonds. The van der Waals surface area contributed by atoms with Crippen molar-refractivity contribution in [3.8, 4) is 5.75 Å². The first-order valence-electron chi connectivity index (χ1n) is 7.64. The van der Waals surface area contributed by atoms with Gasteiger partial charge in [-0.05, 0) is 36.1 Å². The molecule has 0 aromatic heterocycles. The van der Waals surface area contributed by atoms with Crippen molar-refractivity contribution in [2.75, 3.05) is 0 Å². The van der Waals surface area contributed by atoms with Gasteiger partial charge in [-0.1, -0.05) is 42.5 Å². The number of aliphatic carboxylic acids is 1. The van der Waals surface area contributed by atoms with Crippen LogP contribution in [-0.4, -0.2) is 34.2 Å². The molecule has 2 aromatic carbocycles. The van der Waals surface area contributed by atoms with Gasteiger partial charge in [0, 0.05) is 0 Å². The summed E-state index contributed by atoms with van der Waals surface area (Å²) in [7, 11) is 0. The standard InChI is InChI=1S/C9H12N2O2.C9H11NO2/c10-8(9(11)13)5-6-1-3-7(12)4-2-6;10-8(9(11)12)6-7-4-2-1-3-5-7/h1-4,8,12H,5,10H2,(H2,11,13);1-5,8H,6,10H2,(H,11,12)/t2*8-/m00/s1. The minimum Gasteiger partial charge on any atom is -0.508 e. The summed E-state index contributed by atoms with van der Waals surface area (Å²) in [6.45, 7) is 0. The van der Waals surface area contributed by atoms with Crippen LogP contribution in [-0.2, 0) is 22.4 Å². The van der Waals surface area contributed by atoms with Gasteiger partial charge < -0.3 is 27.4 Å². The summed E-state index contributed by atoms with van der Waals surface area (Å²) >= 11 is 0. The zero-order valence-corrected chi connectivity index (χ0v) is 13.7. The molecule has 2 atom stereocenters. The highest BCUT2D eigenvalue weighted by molar-refractivity contribution is 5.79. The Morgan fingerprint density at radius 1 is 0.840 bits per heavy atom. The fraction of sp³-hybridized carbons (Fsp3) is 0.222. The van der Waals surface area contributed by atoms with Crippen molar-refractivity contribution in [1.82, 2.24) is 0 Å². The van der Waals surface area contributed by atoms with Gasteiger partial charge in [0.15, 0.2) is 0 Å². The second kappa shape index (κ2) is 10.1. The van der Waals surface area contributed by atoms with Gasteiger partial charge in [-0.25, -0.2) is 0 Å². The Balaban J connectivity index is 0.000000251. The van der Waals surface area contributed by atoms with E-state index < -0.39 is 24.0 Å². The third kappa shape index (κ3) is 7.96. The molecule has 25 heavy (non-hydrogen) atoms. The second-order valence-corrected chi connectivity index (χ2v) is 5.51. The molecule has 8 N–H and O–H groups in total. The first-order valence-corrected chi connectivity index (χ1v) is 7.64. The molecule has 0 saturated carbocycles. The Morgan fingerprint density at radius 2 is 1.32 bits per heavy atom. The van der Waals surface area contributed by atoms with Crippen molar-refractivity contribution in [3.05, 3.63) is 65.7 Å². The Bertz CT molecular complexity index is 674. The minimum absolute atomic E-state index is 0.191. The highest BCUT2D eigenvalue weighted by atomic mass is 16.4. The Morgan fingerprint density at radius 3 is 1.80 bits per heavy atom. The molecule has 0 aliphatic heterocycles. The maximum atomic E-state index is 10.6. The van der Waals surface area contributed by atoms with Crippen molar-refractivity contribution in [3.63, 3.8) is 0 Å². The number of benzene rings is 2. The number of phenolic OH excluding ortho intramolecular Hbond substituents is 1. The summed E-state index contributed by atoms with van der Waals surface area (Å²) in [5.41, 5.74) is 17.6. The lowest BCUT2D eigenvalue weighted by Gasteiger charge is -2.06. The van der Waals surface area contributed by atoms with E-state index >= 15 is 0 Å². The van der Waals surface area contributed by atoms with Crippen LogP contribution in [0.4, 0.5) is 0 Å². The van der Waals surface area contributed by atoms with E-state index in [-0.39, 0.29) is 5.75 Å². The first kappa shape index (κ1) is 20.1. The number of phenols is 1. The van der Waals surface area contributed by atoms with Crippen LogP contribution in [0.25, 0.3) is 0 Å². The van der Waals surface area contributed by atoms with Gasteiger partial charge >= 0.3 is 5.97 Å². The zero-order valence-electron chi connectivity index (χ0n) is 13.7. The van der Waals surface area contributed by atoms with Gasteiger partial charge in [0.2, 0.25) is 5.91 Å². The molecule has 0 saturated heterocycles. The molecule has 0 aliphatic rings. The molecule has 0 aliphatic carbocycles. The van der Waals surface area contributed by atoms with E-state index in [1.807, 2.05) is 30.3 Å². The van der Waals surface area contributed by atoms with E-state index in [0.717, 1.165) is 11.1 Å². The SMILES string of the molecule is NC(=O)[C@@H](N)Cc1ccc(O)cc1.N[C@@H](Cc1ccccc1)C(=O)O. The molecule has 0 radical (unpaired) electrons. The van der Waals surface area contributed by atoms with E-state index in [0.29, 0.717) is 12.8 Å². The maximum Gasteiger partial charge on any atom is 0.320 e. The topological polar surface area (TPSA) is 153 Å². The third-order valence-corrected chi connectivity index (χ3v) is 3.37. The van der Waals surface area contributed by atoms with Crippen molar-refractivity contribution >= 4 is 11.9 Å². The van der Waals surface area contributed by atoms with Gasteiger partial charge in [0.05, 0.1) is 6.04 Å². The summed E-state index contributed by atoms with van der Waals surface area (Å²) in [5.74, 6) is -1.29. The molecule has 2 rings (SSSR count). The van der Waals surface area contributed by atoms with E-state index in [1.165, 1.54) is 0 Å². The van der Waals surface area contributed by atoms with Crippen molar-refractivity contribution in [2.24, 2.45) is 17.2 Å². The smallest absolute Gasteiger partial charge is 0.320 e.